The van der Waals surface area contributed by atoms with Gasteiger partial charge in [-0.2, -0.15) is 0 Å². The lowest BCUT2D eigenvalue weighted by Crippen LogP contribution is -2.35. The molecule has 3 unspecified atom stereocenters. The molecule has 0 amide bonds. The molecule has 2 saturated carbocycles. The topological polar surface area (TPSA) is 26.3 Å². The summed E-state index contributed by atoms with van der Waals surface area (Å²) >= 11 is 0. The van der Waals surface area contributed by atoms with Gasteiger partial charge >= 0.3 is 5.97 Å². The molecule has 0 spiro atoms. The molecule has 0 aliphatic heterocycles. The summed E-state index contributed by atoms with van der Waals surface area (Å²) in [5, 5.41) is 0. The van der Waals surface area contributed by atoms with Gasteiger partial charge < -0.3 is 4.74 Å². The second kappa shape index (κ2) is 5.07. The number of ether oxygens (including phenoxy) is 1. The second-order valence-electron chi connectivity index (χ2n) is 6.26. The Bertz CT molecular complexity index is 369. The van der Waals surface area contributed by atoms with Crippen molar-refractivity contribution in [3.05, 3.63) is 11.1 Å². The lowest BCUT2D eigenvalue weighted by Gasteiger charge is -2.43. The number of esters is 1. The SMILES string of the molecule is COC(=O)C1=C2CCCCC2CC2CCCCC12. The van der Waals surface area contributed by atoms with E-state index in [0.717, 1.165) is 17.9 Å². The first-order chi connectivity index (χ1) is 8.81. The van der Waals surface area contributed by atoms with E-state index in [0.29, 0.717) is 11.8 Å². The zero-order chi connectivity index (χ0) is 12.5. The van der Waals surface area contributed by atoms with Crippen LogP contribution in [0.5, 0.6) is 0 Å². The number of allylic oxidation sites excluding steroid dienone is 1. The fraction of sp³-hybridized carbons (Fsp3) is 0.812. The van der Waals surface area contributed by atoms with Gasteiger partial charge in [0.1, 0.15) is 0 Å². The molecule has 0 aromatic carbocycles. The van der Waals surface area contributed by atoms with Crippen molar-refractivity contribution in [1.82, 2.24) is 0 Å². The Morgan fingerprint density at radius 1 is 1.11 bits per heavy atom. The smallest absolute Gasteiger partial charge is 0.333 e. The molecular formula is C16H24O2. The summed E-state index contributed by atoms with van der Waals surface area (Å²) in [6.45, 7) is 0. The number of hydrogen-bond donors (Lipinski definition) is 0. The van der Waals surface area contributed by atoms with Crippen LogP contribution in [-0.4, -0.2) is 13.1 Å². The quantitative estimate of drug-likeness (QED) is 0.659. The summed E-state index contributed by atoms with van der Waals surface area (Å²) in [5.74, 6) is 1.97. The average Bonchev–Trinajstić information content (AvgIpc) is 2.44. The Morgan fingerprint density at radius 2 is 1.89 bits per heavy atom. The van der Waals surface area contributed by atoms with Crippen LogP contribution in [0.3, 0.4) is 0 Å². The molecule has 0 radical (unpaired) electrons. The van der Waals surface area contributed by atoms with Gasteiger partial charge in [0.25, 0.3) is 0 Å². The summed E-state index contributed by atoms with van der Waals surface area (Å²) in [7, 11) is 1.54. The van der Waals surface area contributed by atoms with Crippen molar-refractivity contribution in [1.29, 1.82) is 0 Å². The molecule has 3 rings (SSSR count). The highest BCUT2D eigenvalue weighted by atomic mass is 16.5. The molecule has 0 bridgehead atoms. The molecule has 0 N–H and O–H groups in total. The average molecular weight is 248 g/mol. The van der Waals surface area contributed by atoms with Gasteiger partial charge in [0.05, 0.1) is 7.11 Å². The van der Waals surface area contributed by atoms with Crippen molar-refractivity contribution in [2.75, 3.05) is 7.11 Å². The van der Waals surface area contributed by atoms with E-state index < -0.39 is 0 Å². The molecule has 2 heteroatoms. The predicted octanol–water partition coefficient (Wildman–Crippen LogP) is 3.86. The Labute approximate surface area is 110 Å². The van der Waals surface area contributed by atoms with E-state index in [-0.39, 0.29) is 5.97 Å². The zero-order valence-electron chi connectivity index (χ0n) is 11.4. The second-order valence-corrected chi connectivity index (χ2v) is 6.26. The maximum Gasteiger partial charge on any atom is 0.333 e. The lowest BCUT2D eigenvalue weighted by molar-refractivity contribution is -0.137. The molecule has 3 aliphatic carbocycles. The molecule has 0 saturated heterocycles. The number of methoxy groups -OCH3 is 1. The first-order valence-corrected chi connectivity index (χ1v) is 7.62. The minimum absolute atomic E-state index is 0.0199. The molecule has 0 heterocycles. The van der Waals surface area contributed by atoms with Gasteiger partial charge in [-0.15, -0.1) is 0 Å². The molecule has 0 aromatic heterocycles. The summed E-state index contributed by atoms with van der Waals surface area (Å²) in [6.07, 6.45) is 11.6. The summed E-state index contributed by atoms with van der Waals surface area (Å²) in [4.78, 5) is 12.2. The van der Waals surface area contributed by atoms with Crippen molar-refractivity contribution in [2.24, 2.45) is 17.8 Å². The summed E-state index contributed by atoms with van der Waals surface area (Å²) in [5.41, 5.74) is 2.59. The van der Waals surface area contributed by atoms with Crippen LogP contribution in [0.4, 0.5) is 0 Å². The predicted molar refractivity (Wildman–Crippen MR) is 71.1 cm³/mol. The van der Waals surface area contributed by atoms with E-state index in [9.17, 15) is 4.79 Å². The van der Waals surface area contributed by atoms with Crippen LogP contribution in [0.25, 0.3) is 0 Å². The monoisotopic (exact) mass is 248 g/mol. The number of fused-ring (bicyclic) bond motifs is 2. The Morgan fingerprint density at radius 3 is 2.72 bits per heavy atom. The van der Waals surface area contributed by atoms with Crippen LogP contribution in [0, 0.1) is 17.8 Å². The first kappa shape index (κ1) is 12.3. The third-order valence-electron chi connectivity index (χ3n) is 5.36. The summed E-state index contributed by atoms with van der Waals surface area (Å²) in [6, 6.07) is 0. The highest BCUT2D eigenvalue weighted by Gasteiger charge is 2.41. The molecule has 100 valence electrons. The maximum absolute atomic E-state index is 12.2. The molecule has 3 aliphatic rings. The van der Waals surface area contributed by atoms with E-state index in [1.165, 1.54) is 56.9 Å². The highest BCUT2D eigenvalue weighted by molar-refractivity contribution is 5.90. The summed E-state index contributed by atoms with van der Waals surface area (Å²) < 4.78 is 5.09. The number of rotatable bonds is 1. The van der Waals surface area contributed by atoms with Crippen LogP contribution < -0.4 is 0 Å². The third-order valence-corrected chi connectivity index (χ3v) is 5.36. The molecular weight excluding hydrogens is 224 g/mol. The van der Waals surface area contributed by atoms with E-state index >= 15 is 0 Å². The number of carbonyl (C=O) groups excluding carboxylic acids is 1. The van der Waals surface area contributed by atoms with Crippen molar-refractivity contribution in [3.63, 3.8) is 0 Å². The number of carbonyl (C=O) groups is 1. The Kier molecular flexibility index (Phi) is 3.45. The van der Waals surface area contributed by atoms with E-state index in [4.69, 9.17) is 4.74 Å². The minimum Gasteiger partial charge on any atom is -0.466 e. The van der Waals surface area contributed by atoms with Crippen LogP contribution in [0.15, 0.2) is 11.1 Å². The van der Waals surface area contributed by atoms with Crippen molar-refractivity contribution >= 4 is 5.97 Å². The molecule has 2 fully saturated rings. The van der Waals surface area contributed by atoms with Crippen LogP contribution in [0.2, 0.25) is 0 Å². The lowest BCUT2D eigenvalue weighted by atomic mass is 9.62. The van der Waals surface area contributed by atoms with E-state index in [1.54, 1.807) is 7.11 Å². The molecule has 0 aromatic rings. The van der Waals surface area contributed by atoms with Gasteiger partial charge in [0.2, 0.25) is 0 Å². The van der Waals surface area contributed by atoms with E-state index in [2.05, 4.69) is 0 Å². The maximum atomic E-state index is 12.2. The van der Waals surface area contributed by atoms with Crippen LogP contribution in [-0.2, 0) is 9.53 Å². The van der Waals surface area contributed by atoms with Crippen LogP contribution in [0.1, 0.15) is 57.8 Å². The van der Waals surface area contributed by atoms with Gasteiger partial charge in [-0.25, -0.2) is 4.79 Å². The van der Waals surface area contributed by atoms with Crippen molar-refractivity contribution in [2.45, 2.75) is 57.8 Å². The van der Waals surface area contributed by atoms with Crippen molar-refractivity contribution < 1.29 is 9.53 Å². The number of hydrogen-bond acceptors (Lipinski definition) is 2. The highest BCUT2D eigenvalue weighted by Crippen LogP contribution is 2.50. The first-order valence-electron chi connectivity index (χ1n) is 7.62. The van der Waals surface area contributed by atoms with E-state index in [1.807, 2.05) is 0 Å². The normalized spacial score (nSPS) is 35.7. The van der Waals surface area contributed by atoms with Crippen LogP contribution >= 0.6 is 0 Å². The largest absolute Gasteiger partial charge is 0.466 e. The standard InChI is InChI=1S/C16H24O2/c1-18-16(17)15-13-8-4-2-6-11(13)10-12-7-3-5-9-14(12)15/h11-13H,2-10H2,1H3. The van der Waals surface area contributed by atoms with Gasteiger partial charge in [-0.05, 0) is 56.3 Å². The minimum atomic E-state index is -0.0199. The molecule has 18 heavy (non-hydrogen) atoms. The van der Waals surface area contributed by atoms with Gasteiger partial charge in [-0.3, -0.25) is 0 Å². The fourth-order valence-electron chi connectivity index (χ4n) is 4.57. The van der Waals surface area contributed by atoms with Crippen molar-refractivity contribution in [3.8, 4) is 0 Å². The zero-order valence-corrected chi connectivity index (χ0v) is 11.4. The Hall–Kier alpha value is -0.790. The van der Waals surface area contributed by atoms with Gasteiger partial charge in [0, 0.05) is 5.57 Å². The van der Waals surface area contributed by atoms with Gasteiger partial charge in [-0.1, -0.05) is 24.8 Å². The van der Waals surface area contributed by atoms with Gasteiger partial charge in [0.15, 0.2) is 0 Å². The molecule has 2 nitrogen and oxygen atoms in total. The third kappa shape index (κ3) is 2.00. The molecule has 3 atom stereocenters. The Balaban J connectivity index is 1.98. The fourth-order valence-corrected chi connectivity index (χ4v) is 4.57.